The van der Waals surface area contributed by atoms with Crippen molar-refractivity contribution < 1.29 is 52.5 Å². The molecular formula is C18H22O11. The van der Waals surface area contributed by atoms with E-state index in [0.29, 0.717) is 0 Å². The van der Waals surface area contributed by atoms with Crippen LogP contribution in [0, 0.1) is 24.4 Å². The summed E-state index contributed by atoms with van der Waals surface area (Å²) in [6, 6.07) is 0. The number of ketones is 2. The number of carbonyl (C=O) groups is 7. The zero-order chi connectivity index (χ0) is 23.1. The summed E-state index contributed by atoms with van der Waals surface area (Å²) >= 11 is 0. The van der Waals surface area contributed by atoms with Gasteiger partial charge in [0.2, 0.25) is 11.9 Å². The van der Waals surface area contributed by atoms with E-state index in [4.69, 9.17) is 4.79 Å². The largest absolute Gasteiger partial charge is 0.465 e. The van der Waals surface area contributed by atoms with Crippen LogP contribution in [-0.4, -0.2) is 61.6 Å². The van der Waals surface area contributed by atoms with Crippen molar-refractivity contribution in [1.29, 1.82) is 0 Å². The second-order valence-corrected chi connectivity index (χ2v) is 5.08. The first-order chi connectivity index (χ1) is 13.6. The first-order valence-electron chi connectivity index (χ1n) is 8.19. The molecule has 3 atom stereocenters. The summed E-state index contributed by atoms with van der Waals surface area (Å²) in [5.41, 5.74) is 0. The number of Topliss-reactive ketones (excluding diaryl/α,β-unsaturated/α-hetero) is 2. The van der Waals surface area contributed by atoms with Gasteiger partial charge in [0.15, 0.2) is 0 Å². The summed E-state index contributed by atoms with van der Waals surface area (Å²) in [6.45, 7) is 8.29. The van der Waals surface area contributed by atoms with E-state index < -0.39 is 53.4 Å². The standard InChI is InChI=1S/C9H10O5.C8H10O5.CH2O/c1-4-13-8(11)6(3)7(10)9(12)14-5-2;1-3-12-8(11)6-4(2)5(9)7(10)13-6;1-2/h2,6H,4H2,1,3H3;4,6H,3H2,1-2H3;1H2. The molecule has 29 heavy (non-hydrogen) atoms. The predicted octanol–water partition coefficient (Wildman–Crippen LogP) is -0.616. The highest BCUT2D eigenvalue weighted by molar-refractivity contribution is 6.38. The van der Waals surface area contributed by atoms with Crippen LogP contribution in [0.4, 0.5) is 0 Å². The van der Waals surface area contributed by atoms with E-state index in [9.17, 15) is 28.8 Å². The van der Waals surface area contributed by atoms with Crippen molar-refractivity contribution in [2.45, 2.75) is 33.8 Å². The summed E-state index contributed by atoms with van der Waals surface area (Å²) in [4.78, 5) is 73.6. The molecule has 3 unspecified atom stereocenters. The van der Waals surface area contributed by atoms with Crippen LogP contribution in [0.3, 0.4) is 0 Å². The Bertz CT molecular complexity index is 674. The van der Waals surface area contributed by atoms with Crippen LogP contribution < -0.4 is 0 Å². The van der Waals surface area contributed by atoms with Gasteiger partial charge in [-0.05, 0) is 20.8 Å². The van der Waals surface area contributed by atoms with E-state index in [1.165, 1.54) is 13.8 Å². The molecule has 1 saturated heterocycles. The molecule has 0 amide bonds. The van der Waals surface area contributed by atoms with Crippen LogP contribution in [0.2, 0.25) is 0 Å². The van der Waals surface area contributed by atoms with Gasteiger partial charge in [0, 0.05) is 0 Å². The minimum Gasteiger partial charge on any atom is -0.465 e. The maximum atomic E-state index is 11.1. The topological polar surface area (TPSA) is 156 Å². The van der Waals surface area contributed by atoms with E-state index >= 15 is 0 Å². The summed E-state index contributed by atoms with van der Waals surface area (Å²) in [6.07, 6.45) is 5.14. The maximum absolute atomic E-state index is 11.1. The number of terminal acetylenes is 1. The van der Waals surface area contributed by atoms with Crippen molar-refractivity contribution in [2.24, 2.45) is 11.8 Å². The minimum absolute atomic E-state index is 0.140. The van der Waals surface area contributed by atoms with Crippen LogP contribution in [-0.2, 0) is 52.5 Å². The number of ether oxygens (including phenoxy) is 4. The smallest absolute Gasteiger partial charge is 0.389 e. The molecule has 0 radical (unpaired) electrons. The highest BCUT2D eigenvalue weighted by Gasteiger charge is 2.45. The molecule has 160 valence electrons. The third kappa shape index (κ3) is 8.79. The predicted molar refractivity (Wildman–Crippen MR) is 93.5 cm³/mol. The van der Waals surface area contributed by atoms with Crippen LogP contribution in [0.1, 0.15) is 27.7 Å². The SMILES string of the molecule is C#COC(=O)C(=O)C(C)C(=O)OCC.C=O.CCOC(=O)C1OC(=O)C(=O)C1C. The molecule has 11 nitrogen and oxygen atoms in total. The molecule has 0 aromatic heterocycles. The number of hydrogen-bond donors (Lipinski definition) is 0. The zero-order valence-corrected chi connectivity index (χ0v) is 16.4. The normalized spacial score (nSPS) is 17.6. The molecule has 1 aliphatic rings. The first-order valence-corrected chi connectivity index (χ1v) is 8.19. The van der Waals surface area contributed by atoms with Gasteiger partial charge < -0.3 is 23.7 Å². The lowest BCUT2D eigenvalue weighted by molar-refractivity contribution is -0.162. The molecule has 1 fully saturated rings. The van der Waals surface area contributed by atoms with E-state index in [-0.39, 0.29) is 13.2 Å². The Labute approximate surface area is 167 Å². The van der Waals surface area contributed by atoms with Crippen molar-refractivity contribution in [3.8, 4) is 12.5 Å². The molecule has 0 saturated carbocycles. The van der Waals surface area contributed by atoms with Gasteiger partial charge in [0.1, 0.15) is 18.8 Å². The van der Waals surface area contributed by atoms with Gasteiger partial charge in [-0.3, -0.25) is 14.4 Å². The third-order valence-corrected chi connectivity index (χ3v) is 3.21. The fraction of sp³-hybridized carbons (Fsp3) is 0.500. The van der Waals surface area contributed by atoms with Crippen molar-refractivity contribution in [2.75, 3.05) is 13.2 Å². The Morgan fingerprint density at radius 1 is 1.14 bits per heavy atom. The molecule has 1 rings (SSSR count). The Morgan fingerprint density at radius 2 is 1.66 bits per heavy atom. The number of rotatable bonds is 6. The molecule has 11 heteroatoms. The van der Waals surface area contributed by atoms with Crippen molar-refractivity contribution in [1.82, 2.24) is 0 Å². The van der Waals surface area contributed by atoms with Crippen LogP contribution in [0.15, 0.2) is 0 Å². The number of hydrogen-bond acceptors (Lipinski definition) is 11. The van der Waals surface area contributed by atoms with Crippen molar-refractivity contribution in [3.05, 3.63) is 0 Å². The van der Waals surface area contributed by atoms with E-state index in [0.717, 1.165) is 0 Å². The third-order valence-electron chi connectivity index (χ3n) is 3.21. The Balaban J connectivity index is 0. The highest BCUT2D eigenvalue weighted by atomic mass is 16.6. The molecule has 1 aliphatic heterocycles. The molecule has 1 heterocycles. The van der Waals surface area contributed by atoms with Gasteiger partial charge in [0.25, 0.3) is 5.78 Å². The molecule has 0 spiro atoms. The lowest BCUT2D eigenvalue weighted by Gasteiger charge is -2.10. The Morgan fingerprint density at radius 3 is 2.03 bits per heavy atom. The van der Waals surface area contributed by atoms with Gasteiger partial charge in [-0.25, -0.2) is 14.4 Å². The van der Waals surface area contributed by atoms with Crippen molar-refractivity contribution >= 4 is 42.2 Å². The van der Waals surface area contributed by atoms with E-state index in [1.54, 1.807) is 20.0 Å². The second-order valence-electron chi connectivity index (χ2n) is 5.08. The number of cyclic esters (lactones) is 1. The van der Waals surface area contributed by atoms with Gasteiger partial charge in [0.05, 0.1) is 19.1 Å². The summed E-state index contributed by atoms with van der Waals surface area (Å²) in [5.74, 6) is -7.21. The molecule has 0 aromatic carbocycles. The summed E-state index contributed by atoms with van der Waals surface area (Å²) in [5, 5.41) is 0. The van der Waals surface area contributed by atoms with Gasteiger partial charge in [-0.1, -0.05) is 13.3 Å². The Kier molecular flexibility index (Phi) is 13.8. The van der Waals surface area contributed by atoms with Gasteiger partial charge in [-0.2, -0.15) is 0 Å². The summed E-state index contributed by atoms with van der Waals surface area (Å²) in [7, 11) is 0. The van der Waals surface area contributed by atoms with Crippen LogP contribution in [0.5, 0.6) is 0 Å². The first kappa shape index (κ1) is 27.7. The average Bonchev–Trinajstić information content (AvgIpc) is 2.96. The average molecular weight is 414 g/mol. The lowest BCUT2D eigenvalue weighted by Crippen LogP contribution is -2.30. The quantitative estimate of drug-likeness (QED) is 0.179. The molecule has 0 aliphatic carbocycles. The number of carbonyl (C=O) groups excluding carboxylic acids is 7. The minimum atomic E-state index is -1.23. The van der Waals surface area contributed by atoms with Gasteiger partial charge in [-0.15, -0.1) is 0 Å². The summed E-state index contributed by atoms with van der Waals surface area (Å²) < 4.78 is 17.7. The van der Waals surface area contributed by atoms with Gasteiger partial charge >= 0.3 is 23.9 Å². The van der Waals surface area contributed by atoms with Crippen molar-refractivity contribution in [3.63, 3.8) is 0 Å². The Hall–Kier alpha value is -3.55. The van der Waals surface area contributed by atoms with E-state index in [2.05, 4.69) is 25.4 Å². The highest BCUT2D eigenvalue weighted by Crippen LogP contribution is 2.19. The second kappa shape index (κ2) is 14.5. The van der Waals surface area contributed by atoms with Crippen LogP contribution in [0.25, 0.3) is 0 Å². The van der Waals surface area contributed by atoms with Crippen LogP contribution >= 0.6 is 0 Å². The zero-order valence-electron chi connectivity index (χ0n) is 16.4. The fourth-order valence-corrected chi connectivity index (χ4v) is 1.73. The number of esters is 4. The monoisotopic (exact) mass is 414 g/mol. The maximum Gasteiger partial charge on any atom is 0.389 e. The molecule has 0 bridgehead atoms. The molecule has 0 N–H and O–H groups in total. The fourth-order valence-electron chi connectivity index (χ4n) is 1.73. The van der Waals surface area contributed by atoms with E-state index in [1.807, 2.05) is 6.79 Å². The lowest BCUT2D eigenvalue weighted by atomic mass is 10.0. The molecular weight excluding hydrogens is 392 g/mol. The molecule has 0 aromatic rings.